The molecule has 0 aliphatic heterocycles. The van der Waals surface area contributed by atoms with Gasteiger partial charge in [-0.15, -0.1) is 0 Å². The maximum Gasteiger partial charge on any atom is 0.266 e. The lowest BCUT2D eigenvalue weighted by Gasteiger charge is -2.31. The Hall–Kier alpha value is -4.25. The van der Waals surface area contributed by atoms with Crippen molar-refractivity contribution in [3.63, 3.8) is 0 Å². The van der Waals surface area contributed by atoms with Crippen LogP contribution >= 0.6 is 0 Å². The largest absolute Gasteiger partial charge is 0.329 e. The van der Waals surface area contributed by atoms with E-state index in [1.807, 2.05) is 104 Å². The summed E-state index contributed by atoms with van der Waals surface area (Å²) in [7, 11) is 0. The quantitative estimate of drug-likeness (QED) is 0.237. The Kier molecular flexibility index (Phi) is 7.10. The van der Waals surface area contributed by atoms with Crippen molar-refractivity contribution in [3.8, 4) is 5.69 Å². The standard InChI is InChI=1S/C33H33N3O2/c1-5-6-19-35(32(37)27-17-16-25-11-7-8-12-26(25)21-27)24(4)31-34-30-14-10-9-13-29(30)33(38)36(31)28-18-15-22(2)23(3)20-28/h7-18,20-21,24H,5-6,19H2,1-4H3. The molecular formula is C33H33N3O2. The second kappa shape index (κ2) is 10.6. The first-order valence-corrected chi connectivity index (χ1v) is 13.3. The molecule has 5 aromatic rings. The van der Waals surface area contributed by atoms with Gasteiger partial charge in [0.05, 0.1) is 22.6 Å². The number of aromatic nitrogens is 2. The number of amides is 1. The van der Waals surface area contributed by atoms with Crippen molar-refractivity contribution in [2.45, 2.75) is 46.6 Å². The van der Waals surface area contributed by atoms with Crippen LogP contribution in [0.1, 0.15) is 60.0 Å². The van der Waals surface area contributed by atoms with Crippen molar-refractivity contribution in [2.24, 2.45) is 0 Å². The molecule has 1 amide bonds. The smallest absolute Gasteiger partial charge is 0.266 e. The second-order valence-electron chi connectivity index (χ2n) is 9.99. The van der Waals surface area contributed by atoms with E-state index in [4.69, 9.17) is 4.98 Å². The molecule has 5 nitrogen and oxygen atoms in total. The third-order valence-corrected chi connectivity index (χ3v) is 7.40. The van der Waals surface area contributed by atoms with Crippen LogP contribution in [0.5, 0.6) is 0 Å². The van der Waals surface area contributed by atoms with Crippen LogP contribution in [0.3, 0.4) is 0 Å². The van der Waals surface area contributed by atoms with Gasteiger partial charge in [-0.1, -0.05) is 61.9 Å². The monoisotopic (exact) mass is 503 g/mol. The van der Waals surface area contributed by atoms with Crippen molar-refractivity contribution >= 4 is 27.6 Å². The molecule has 38 heavy (non-hydrogen) atoms. The summed E-state index contributed by atoms with van der Waals surface area (Å²) < 4.78 is 1.69. The van der Waals surface area contributed by atoms with Crippen LogP contribution < -0.4 is 5.56 Å². The first kappa shape index (κ1) is 25.4. The molecule has 0 aliphatic carbocycles. The number of carbonyl (C=O) groups is 1. The number of rotatable bonds is 7. The fraction of sp³-hybridized carbons (Fsp3) is 0.242. The summed E-state index contributed by atoms with van der Waals surface area (Å²) in [5, 5.41) is 2.68. The minimum absolute atomic E-state index is 0.0641. The molecule has 5 heteroatoms. The maximum atomic E-state index is 14.0. The average molecular weight is 504 g/mol. The number of carbonyl (C=O) groups excluding carboxylic acids is 1. The summed E-state index contributed by atoms with van der Waals surface area (Å²) in [4.78, 5) is 34.8. The normalized spacial score (nSPS) is 12.1. The van der Waals surface area contributed by atoms with E-state index in [-0.39, 0.29) is 11.5 Å². The van der Waals surface area contributed by atoms with Crippen LogP contribution in [0.2, 0.25) is 0 Å². The van der Waals surface area contributed by atoms with Crippen LogP contribution in [-0.4, -0.2) is 26.9 Å². The fourth-order valence-corrected chi connectivity index (χ4v) is 4.97. The van der Waals surface area contributed by atoms with Gasteiger partial charge in [-0.05, 0) is 85.5 Å². The number of hydrogen-bond donors (Lipinski definition) is 0. The van der Waals surface area contributed by atoms with Gasteiger partial charge in [0.1, 0.15) is 5.82 Å². The van der Waals surface area contributed by atoms with Gasteiger partial charge in [-0.25, -0.2) is 4.98 Å². The zero-order chi connectivity index (χ0) is 26.8. The van der Waals surface area contributed by atoms with Gasteiger partial charge in [-0.2, -0.15) is 0 Å². The van der Waals surface area contributed by atoms with E-state index in [2.05, 4.69) is 13.8 Å². The molecule has 5 rings (SSSR count). The number of hydrogen-bond acceptors (Lipinski definition) is 3. The lowest BCUT2D eigenvalue weighted by molar-refractivity contribution is 0.0678. The van der Waals surface area contributed by atoms with Gasteiger partial charge in [0, 0.05) is 12.1 Å². The first-order chi connectivity index (χ1) is 18.4. The highest BCUT2D eigenvalue weighted by Gasteiger charge is 2.27. The zero-order valence-corrected chi connectivity index (χ0v) is 22.4. The molecule has 1 unspecified atom stereocenters. The van der Waals surface area contributed by atoms with Crippen LogP contribution in [0.25, 0.3) is 27.4 Å². The molecule has 0 radical (unpaired) electrons. The molecule has 0 saturated carbocycles. The molecule has 0 N–H and O–H groups in total. The molecule has 0 fully saturated rings. The minimum atomic E-state index is -0.431. The highest BCUT2D eigenvalue weighted by Crippen LogP contribution is 2.27. The van der Waals surface area contributed by atoms with E-state index in [0.29, 0.717) is 28.8 Å². The Balaban J connectivity index is 1.67. The maximum absolute atomic E-state index is 14.0. The van der Waals surface area contributed by atoms with E-state index in [9.17, 15) is 9.59 Å². The topological polar surface area (TPSA) is 55.2 Å². The lowest BCUT2D eigenvalue weighted by Crippen LogP contribution is -2.38. The van der Waals surface area contributed by atoms with E-state index < -0.39 is 6.04 Å². The number of aryl methyl sites for hydroxylation is 2. The van der Waals surface area contributed by atoms with E-state index in [1.54, 1.807) is 4.57 Å². The van der Waals surface area contributed by atoms with Gasteiger partial charge >= 0.3 is 0 Å². The van der Waals surface area contributed by atoms with E-state index >= 15 is 0 Å². The van der Waals surface area contributed by atoms with Crippen molar-refractivity contribution in [3.05, 3.63) is 118 Å². The predicted molar refractivity (Wildman–Crippen MR) is 155 cm³/mol. The summed E-state index contributed by atoms with van der Waals surface area (Å²) in [5.74, 6) is 0.493. The van der Waals surface area contributed by atoms with Gasteiger partial charge in [0.15, 0.2) is 0 Å². The molecule has 0 aliphatic rings. The van der Waals surface area contributed by atoms with Crippen LogP contribution in [0.4, 0.5) is 0 Å². The first-order valence-electron chi connectivity index (χ1n) is 13.3. The Bertz CT molecular complexity index is 1700. The van der Waals surface area contributed by atoms with Crippen molar-refractivity contribution < 1.29 is 4.79 Å². The zero-order valence-electron chi connectivity index (χ0n) is 22.4. The SMILES string of the molecule is CCCCN(C(=O)c1ccc2ccccc2c1)C(C)c1nc2ccccc2c(=O)n1-c1ccc(C)c(C)c1. The number of unbranched alkanes of at least 4 members (excludes halogenated alkanes) is 1. The molecule has 192 valence electrons. The van der Waals surface area contributed by atoms with Gasteiger partial charge < -0.3 is 4.90 Å². The Labute approximate surface area is 223 Å². The Morgan fingerprint density at radius 1 is 0.895 bits per heavy atom. The Morgan fingerprint density at radius 2 is 1.63 bits per heavy atom. The molecule has 1 atom stereocenters. The number of fused-ring (bicyclic) bond motifs is 2. The summed E-state index contributed by atoms with van der Waals surface area (Å²) in [6.45, 7) is 8.75. The van der Waals surface area contributed by atoms with Crippen molar-refractivity contribution in [2.75, 3.05) is 6.54 Å². The van der Waals surface area contributed by atoms with Crippen LogP contribution in [0, 0.1) is 13.8 Å². The van der Waals surface area contributed by atoms with Gasteiger partial charge in [0.2, 0.25) is 0 Å². The average Bonchev–Trinajstić information content (AvgIpc) is 2.94. The van der Waals surface area contributed by atoms with Gasteiger partial charge in [-0.3, -0.25) is 14.2 Å². The van der Waals surface area contributed by atoms with Gasteiger partial charge in [0.25, 0.3) is 11.5 Å². The van der Waals surface area contributed by atoms with Crippen LogP contribution in [-0.2, 0) is 0 Å². The lowest BCUT2D eigenvalue weighted by atomic mass is 10.0. The summed E-state index contributed by atoms with van der Waals surface area (Å²) in [5.41, 5.74) is 4.14. The molecule has 0 saturated heterocycles. The number of para-hydroxylation sites is 1. The molecule has 4 aromatic carbocycles. The number of benzene rings is 4. The van der Waals surface area contributed by atoms with E-state index in [1.165, 1.54) is 0 Å². The number of nitrogens with zero attached hydrogens (tertiary/aromatic N) is 3. The second-order valence-corrected chi connectivity index (χ2v) is 9.99. The van der Waals surface area contributed by atoms with Crippen LogP contribution in [0.15, 0.2) is 89.7 Å². The highest BCUT2D eigenvalue weighted by molar-refractivity contribution is 5.98. The molecular weight excluding hydrogens is 470 g/mol. The molecule has 1 aromatic heterocycles. The molecule has 1 heterocycles. The Morgan fingerprint density at radius 3 is 2.39 bits per heavy atom. The van der Waals surface area contributed by atoms with Crippen molar-refractivity contribution in [1.29, 1.82) is 0 Å². The van der Waals surface area contributed by atoms with E-state index in [0.717, 1.165) is 40.4 Å². The molecule has 0 bridgehead atoms. The summed E-state index contributed by atoms with van der Waals surface area (Å²) in [6, 6.07) is 26.9. The minimum Gasteiger partial charge on any atom is -0.329 e. The third-order valence-electron chi connectivity index (χ3n) is 7.40. The van der Waals surface area contributed by atoms with Crippen molar-refractivity contribution in [1.82, 2.24) is 14.5 Å². The highest BCUT2D eigenvalue weighted by atomic mass is 16.2. The fourth-order valence-electron chi connectivity index (χ4n) is 4.97. The summed E-state index contributed by atoms with van der Waals surface area (Å²) in [6.07, 6.45) is 1.80. The summed E-state index contributed by atoms with van der Waals surface area (Å²) >= 11 is 0. The third kappa shape index (κ3) is 4.72. The molecule has 0 spiro atoms. The predicted octanol–water partition coefficient (Wildman–Crippen LogP) is 7.16.